The molecule has 46 valence electrons. The summed E-state index contributed by atoms with van der Waals surface area (Å²) in [6, 6.07) is 0. The molecule has 0 aliphatic carbocycles. The summed E-state index contributed by atoms with van der Waals surface area (Å²) >= 11 is 0. The first-order chi connectivity index (χ1) is 3.85. The fourth-order valence-corrected chi connectivity index (χ4v) is 0.152. The van der Waals surface area contributed by atoms with E-state index in [9.17, 15) is 9.59 Å². The number of carbonyl (C=O) groups is 2. The molecule has 0 fully saturated rings. The second-order valence-electron chi connectivity index (χ2n) is 0.874. The van der Waals surface area contributed by atoms with Crippen molar-refractivity contribution in [2.24, 2.45) is 5.84 Å². The molecule has 0 unspecified atom stereocenters. The smallest absolute Gasteiger partial charge is 0.231 e. The Morgan fingerprint density at radius 2 is 1.88 bits per heavy atom. The third kappa shape index (κ3) is 2.24. The number of nitrogens with one attached hydrogen (secondary N) is 2. The molecule has 0 aliphatic rings. The lowest BCUT2D eigenvalue weighted by Crippen LogP contribution is -2.48. The van der Waals surface area contributed by atoms with Crippen LogP contribution >= 0.6 is 0 Å². The van der Waals surface area contributed by atoms with Crippen LogP contribution < -0.4 is 16.9 Å². The van der Waals surface area contributed by atoms with E-state index in [2.05, 4.69) is 5.84 Å². The lowest BCUT2D eigenvalue weighted by atomic mass is 11.1. The van der Waals surface area contributed by atoms with Gasteiger partial charge in [0.25, 0.3) is 0 Å². The average molecular weight is 118 g/mol. The minimum atomic E-state index is 0.271. The predicted octanol–water partition coefficient (Wildman–Crippen LogP) is -2.52. The van der Waals surface area contributed by atoms with Gasteiger partial charge in [-0.25, -0.2) is 5.01 Å². The summed E-state index contributed by atoms with van der Waals surface area (Å²) in [5, 5.41) is 0.583. The molecule has 8 heavy (non-hydrogen) atoms. The van der Waals surface area contributed by atoms with Gasteiger partial charge in [-0.3, -0.25) is 15.4 Å². The second kappa shape index (κ2) is 4.19. The lowest BCUT2D eigenvalue weighted by Gasteiger charge is -2.06. The molecule has 6 nitrogen and oxygen atoms in total. The van der Waals surface area contributed by atoms with Crippen LogP contribution in [-0.4, -0.2) is 17.8 Å². The molecule has 0 aromatic heterocycles. The Balaban J connectivity index is 3.35. The van der Waals surface area contributed by atoms with Gasteiger partial charge >= 0.3 is 0 Å². The Labute approximate surface area is 45.5 Å². The maximum atomic E-state index is 9.66. The van der Waals surface area contributed by atoms with Gasteiger partial charge < -0.3 is 0 Å². The van der Waals surface area contributed by atoms with Crippen LogP contribution in [0.25, 0.3) is 0 Å². The Morgan fingerprint density at radius 3 is 2.00 bits per heavy atom. The van der Waals surface area contributed by atoms with Gasteiger partial charge in [0.15, 0.2) is 0 Å². The van der Waals surface area contributed by atoms with Crippen molar-refractivity contribution in [1.29, 1.82) is 0 Å². The first-order valence-electron chi connectivity index (χ1n) is 1.75. The highest BCUT2D eigenvalue weighted by atomic mass is 16.2. The van der Waals surface area contributed by atoms with Crippen LogP contribution in [0.3, 0.4) is 0 Å². The summed E-state index contributed by atoms with van der Waals surface area (Å²) in [6.07, 6.45) is 0.541. The number of nitrogens with two attached hydrogens (primary N) is 1. The van der Waals surface area contributed by atoms with E-state index in [4.69, 9.17) is 0 Å². The monoisotopic (exact) mass is 118 g/mol. The molecule has 0 rings (SSSR count). The summed E-state index contributed by atoms with van der Waals surface area (Å²) in [5.41, 5.74) is 3.89. The first-order valence-corrected chi connectivity index (χ1v) is 1.75. The van der Waals surface area contributed by atoms with Crippen molar-refractivity contribution in [3.63, 3.8) is 0 Å². The minimum absolute atomic E-state index is 0.271. The molecule has 0 heterocycles. The summed E-state index contributed by atoms with van der Waals surface area (Å²) in [4.78, 5) is 19.3. The fourth-order valence-electron chi connectivity index (χ4n) is 0.152. The molecule has 0 saturated heterocycles. The quantitative estimate of drug-likeness (QED) is 0.215. The van der Waals surface area contributed by atoms with Crippen LogP contribution in [0.1, 0.15) is 0 Å². The maximum Gasteiger partial charge on any atom is 0.231 e. The highest BCUT2D eigenvalue weighted by Crippen LogP contribution is 1.56. The van der Waals surface area contributed by atoms with Crippen LogP contribution in [-0.2, 0) is 9.59 Å². The summed E-state index contributed by atoms with van der Waals surface area (Å²) in [5.74, 6) is 4.66. The molecule has 0 aliphatic heterocycles. The average Bonchev–Trinajstić information content (AvgIpc) is 1.83. The molecule has 0 radical (unpaired) electrons. The van der Waals surface area contributed by atoms with E-state index in [0.29, 0.717) is 5.01 Å². The highest BCUT2D eigenvalue weighted by Gasteiger charge is 1.90. The number of imide groups is 1. The molecule has 0 aromatic carbocycles. The number of hydrazine groups is 3. The second-order valence-corrected chi connectivity index (χ2v) is 0.874. The SMILES string of the molecule is NNNN(C=O)C=O. The third-order valence-corrected chi connectivity index (χ3v) is 0.421. The van der Waals surface area contributed by atoms with Crippen molar-refractivity contribution in [3.8, 4) is 0 Å². The van der Waals surface area contributed by atoms with Gasteiger partial charge in [-0.1, -0.05) is 0 Å². The molecular formula is C2H6N4O2. The molecule has 0 atom stereocenters. The van der Waals surface area contributed by atoms with Crippen molar-refractivity contribution in [2.75, 3.05) is 0 Å². The van der Waals surface area contributed by atoms with E-state index in [1.165, 1.54) is 0 Å². The van der Waals surface area contributed by atoms with Crippen LogP contribution in [0.4, 0.5) is 0 Å². The third-order valence-electron chi connectivity index (χ3n) is 0.421. The molecule has 6 heteroatoms. The van der Waals surface area contributed by atoms with Crippen molar-refractivity contribution < 1.29 is 9.59 Å². The molecule has 0 aromatic rings. The molecule has 0 saturated carbocycles. The molecule has 2 amide bonds. The molecule has 0 bridgehead atoms. The van der Waals surface area contributed by atoms with E-state index in [1.807, 2.05) is 11.1 Å². The van der Waals surface area contributed by atoms with Gasteiger partial charge in [0.2, 0.25) is 12.8 Å². The van der Waals surface area contributed by atoms with Crippen molar-refractivity contribution >= 4 is 12.8 Å². The standard InChI is InChI=1S/C2H6N4O2/c3-4-5-6(1-7)2-8/h1-2,4-5H,3H2. The van der Waals surface area contributed by atoms with E-state index >= 15 is 0 Å². The van der Waals surface area contributed by atoms with E-state index in [1.54, 1.807) is 0 Å². The topological polar surface area (TPSA) is 87.5 Å². The zero-order chi connectivity index (χ0) is 6.41. The van der Waals surface area contributed by atoms with Crippen molar-refractivity contribution in [3.05, 3.63) is 0 Å². The number of rotatable bonds is 4. The molecular weight excluding hydrogens is 112 g/mol. The number of nitrogens with zero attached hydrogens (tertiary/aromatic N) is 1. The van der Waals surface area contributed by atoms with Crippen LogP contribution in [0, 0.1) is 0 Å². The van der Waals surface area contributed by atoms with Gasteiger partial charge in [-0.15, -0.1) is 5.53 Å². The summed E-state index contributed by atoms with van der Waals surface area (Å²) < 4.78 is 0. The molecule has 4 N–H and O–H groups in total. The van der Waals surface area contributed by atoms with Gasteiger partial charge in [-0.2, -0.15) is 5.53 Å². The highest BCUT2D eigenvalue weighted by molar-refractivity contribution is 5.67. The first kappa shape index (κ1) is 7.02. The van der Waals surface area contributed by atoms with Crippen LogP contribution in [0.15, 0.2) is 0 Å². The van der Waals surface area contributed by atoms with Gasteiger partial charge in [0, 0.05) is 0 Å². The predicted molar refractivity (Wildman–Crippen MR) is 24.4 cm³/mol. The number of hydrogen-bond donors (Lipinski definition) is 3. The zero-order valence-corrected chi connectivity index (χ0v) is 4.00. The lowest BCUT2D eigenvalue weighted by molar-refractivity contribution is -0.133. The number of amides is 2. The Hall–Kier alpha value is -0.980. The van der Waals surface area contributed by atoms with Crippen molar-refractivity contribution in [1.82, 2.24) is 16.1 Å². The van der Waals surface area contributed by atoms with Gasteiger partial charge in [0.1, 0.15) is 0 Å². The Morgan fingerprint density at radius 1 is 1.38 bits per heavy atom. The number of carbonyl (C=O) groups excluding carboxylic acids is 2. The number of hydrogen-bond acceptors (Lipinski definition) is 5. The summed E-state index contributed by atoms with van der Waals surface area (Å²) in [7, 11) is 0. The van der Waals surface area contributed by atoms with Crippen LogP contribution in [0.5, 0.6) is 0 Å². The van der Waals surface area contributed by atoms with Crippen molar-refractivity contribution in [2.45, 2.75) is 0 Å². The van der Waals surface area contributed by atoms with Gasteiger partial charge in [-0.05, 0) is 0 Å². The molecule has 0 spiro atoms. The van der Waals surface area contributed by atoms with Crippen LogP contribution in [0.2, 0.25) is 0 Å². The van der Waals surface area contributed by atoms with Gasteiger partial charge in [0.05, 0.1) is 0 Å². The summed E-state index contributed by atoms with van der Waals surface area (Å²) in [6.45, 7) is 0. The van der Waals surface area contributed by atoms with E-state index in [0.717, 1.165) is 0 Å². The Bertz CT molecular complexity index is 76.1. The Kier molecular flexibility index (Phi) is 3.67. The maximum absolute atomic E-state index is 9.66. The van der Waals surface area contributed by atoms with E-state index in [-0.39, 0.29) is 12.8 Å². The zero-order valence-electron chi connectivity index (χ0n) is 4.00. The normalized spacial score (nSPS) is 8.12. The largest absolute Gasteiger partial charge is 0.277 e. The minimum Gasteiger partial charge on any atom is -0.277 e. The van der Waals surface area contributed by atoms with E-state index < -0.39 is 0 Å². The fraction of sp³-hybridized carbons (Fsp3) is 0.